The second kappa shape index (κ2) is 9.87. The largest absolute Gasteiger partial charge is 0.497 e. The summed E-state index contributed by atoms with van der Waals surface area (Å²) in [5, 5.41) is 4.63. The van der Waals surface area contributed by atoms with E-state index in [2.05, 4.69) is 5.10 Å². The summed E-state index contributed by atoms with van der Waals surface area (Å²) in [6.45, 7) is 1.91. The zero-order chi connectivity index (χ0) is 25.2. The molecule has 0 saturated carbocycles. The molecule has 35 heavy (non-hydrogen) atoms. The molecular formula is C26H28N2O6S. The average molecular weight is 497 g/mol. The van der Waals surface area contributed by atoms with Crippen LogP contribution in [0.2, 0.25) is 0 Å². The van der Waals surface area contributed by atoms with Gasteiger partial charge in [0.25, 0.3) is 10.0 Å². The molecule has 0 spiro atoms. The van der Waals surface area contributed by atoms with E-state index in [0.29, 0.717) is 46.3 Å². The Hall–Kier alpha value is -3.72. The van der Waals surface area contributed by atoms with Gasteiger partial charge in [-0.1, -0.05) is 17.7 Å². The molecule has 4 rings (SSSR count). The quantitative estimate of drug-likeness (QED) is 0.454. The number of nitrogens with zero attached hydrogens (tertiary/aromatic N) is 2. The molecule has 8 nitrogen and oxygen atoms in total. The van der Waals surface area contributed by atoms with Crippen molar-refractivity contribution in [2.24, 2.45) is 5.10 Å². The molecular weight excluding hydrogens is 468 g/mol. The van der Waals surface area contributed by atoms with E-state index < -0.39 is 16.1 Å². The SMILES string of the molecule is COc1ccc(C2=NN(S(=O)(=O)c3ccc(C)cc3)[C@H](c3cc(OC)ccc3OC)C2)c(OC)c1. The van der Waals surface area contributed by atoms with Crippen LogP contribution >= 0.6 is 0 Å². The molecule has 0 amide bonds. The van der Waals surface area contributed by atoms with Gasteiger partial charge in [0.1, 0.15) is 23.0 Å². The zero-order valence-corrected chi connectivity index (χ0v) is 21.1. The molecule has 3 aromatic rings. The first kappa shape index (κ1) is 24.4. The standard InChI is InChI=1S/C26H28N2O6S/c1-17-6-10-20(11-7-17)35(29,30)28-24(22-14-18(31-2)9-13-25(22)33-4)16-23(27-28)21-12-8-19(32-3)15-26(21)34-5/h6-15,24H,16H2,1-5H3/t24-/m0/s1. The van der Waals surface area contributed by atoms with Crippen molar-refractivity contribution in [3.8, 4) is 23.0 Å². The summed E-state index contributed by atoms with van der Waals surface area (Å²) >= 11 is 0. The molecule has 0 aliphatic carbocycles. The molecule has 3 aromatic carbocycles. The Morgan fingerprint density at radius 1 is 0.800 bits per heavy atom. The summed E-state index contributed by atoms with van der Waals surface area (Å²) in [4.78, 5) is 0.154. The van der Waals surface area contributed by atoms with E-state index in [1.807, 2.05) is 13.0 Å². The number of benzene rings is 3. The van der Waals surface area contributed by atoms with Crippen molar-refractivity contribution in [3.63, 3.8) is 0 Å². The molecule has 0 saturated heterocycles. The van der Waals surface area contributed by atoms with Gasteiger partial charge >= 0.3 is 0 Å². The van der Waals surface area contributed by atoms with E-state index >= 15 is 0 Å². The lowest BCUT2D eigenvalue weighted by Crippen LogP contribution is -2.27. The molecule has 184 valence electrons. The van der Waals surface area contributed by atoms with Crippen LogP contribution in [0.15, 0.2) is 70.7 Å². The summed E-state index contributed by atoms with van der Waals surface area (Å²) in [5.74, 6) is 2.29. The van der Waals surface area contributed by atoms with Gasteiger partial charge in [-0.2, -0.15) is 17.9 Å². The maximum Gasteiger partial charge on any atom is 0.279 e. The highest BCUT2D eigenvalue weighted by Gasteiger charge is 2.40. The predicted molar refractivity (Wildman–Crippen MR) is 133 cm³/mol. The maximum absolute atomic E-state index is 13.8. The first-order valence-electron chi connectivity index (χ1n) is 10.9. The Balaban J connectivity index is 1.88. The van der Waals surface area contributed by atoms with Crippen molar-refractivity contribution in [2.45, 2.75) is 24.3 Å². The number of ether oxygens (including phenoxy) is 4. The number of aryl methyl sites for hydroxylation is 1. The summed E-state index contributed by atoms with van der Waals surface area (Å²) in [7, 11) is 2.25. The molecule has 0 unspecified atom stereocenters. The van der Waals surface area contributed by atoms with Crippen LogP contribution in [0, 0.1) is 6.92 Å². The average Bonchev–Trinajstić information content (AvgIpc) is 3.34. The minimum Gasteiger partial charge on any atom is -0.497 e. The fourth-order valence-electron chi connectivity index (χ4n) is 4.06. The summed E-state index contributed by atoms with van der Waals surface area (Å²) < 4.78 is 50.7. The van der Waals surface area contributed by atoms with Crippen LogP contribution in [-0.4, -0.2) is 47.0 Å². The van der Waals surface area contributed by atoms with Gasteiger partial charge in [0.05, 0.1) is 45.1 Å². The van der Waals surface area contributed by atoms with Crippen LogP contribution in [0.1, 0.15) is 29.2 Å². The third-order valence-corrected chi connectivity index (χ3v) is 7.65. The minimum absolute atomic E-state index is 0.154. The third kappa shape index (κ3) is 4.64. The van der Waals surface area contributed by atoms with Gasteiger partial charge in [-0.3, -0.25) is 0 Å². The fourth-order valence-corrected chi connectivity index (χ4v) is 5.48. The van der Waals surface area contributed by atoms with Crippen molar-refractivity contribution >= 4 is 15.7 Å². The van der Waals surface area contributed by atoms with Crippen molar-refractivity contribution < 1.29 is 27.4 Å². The first-order valence-corrected chi connectivity index (χ1v) is 12.4. The molecule has 1 heterocycles. The number of hydrazone groups is 1. The molecule has 0 fully saturated rings. The van der Waals surface area contributed by atoms with Crippen LogP contribution < -0.4 is 18.9 Å². The number of methoxy groups -OCH3 is 4. The fraction of sp³-hybridized carbons (Fsp3) is 0.269. The van der Waals surface area contributed by atoms with E-state index in [4.69, 9.17) is 18.9 Å². The predicted octanol–water partition coefficient (Wildman–Crippen LogP) is 4.57. The normalized spacial score (nSPS) is 15.5. The van der Waals surface area contributed by atoms with Crippen molar-refractivity contribution in [3.05, 3.63) is 77.4 Å². The smallest absolute Gasteiger partial charge is 0.279 e. The highest BCUT2D eigenvalue weighted by Crippen LogP contribution is 2.43. The second-order valence-corrected chi connectivity index (χ2v) is 9.83. The Morgan fingerprint density at radius 2 is 1.43 bits per heavy atom. The van der Waals surface area contributed by atoms with Gasteiger partial charge in [0.15, 0.2) is 0 Å². The van der Waals surface area contributed by atoms with Crippen LogP contribution in [0.5, 0.6) is 23.0 Å². The van der Waals surface area contributed by atoms with Gasteiger partial charge in [-0.05, 0) is 49.4 Å². The molecule has 0 N–H and O–H groups in total. The summed E-state index contributed by atoms with van der Waals surface area (Å²) in [5.41, 5.74) is 2.86. The topological polar surface area (TPSA) is 86.7 Å². The molecule has 1 aliphatic rings. The van der Waals surface area contributed by atoms with E-state index in [0.717, 1.165) is 9.98 Å². The number of hydrogen-bond donors (Lipinski definition) is 0. The van der Waals surface area contributed by atoms with Crippen LogP contribution in [0.25, 0.3) is 0 Å². The van der Waals surface area contributed by atoms with Crippen molar-refractivity contribution in [1.29, 1.82) is 0 Å². The Kier molecular flexibility index (Phi) is 6.88. The second-order valence-electron chi connectivity index (χ2n) is 8.03. The lowest BCUT2D eigenvalue weighted by Gasteiger charge is -2.25. The number of hydrogen-bond acceptors (Lipinski definition) is 7. The number of rotatable bonds is 8. The van der Waals surface area contributed by atoms with Gasteiger partial charge in [-0.15, -0.1) is 0 Å². The van der Waals surface area contributed by atoms with Gasteiger partial charge in [-0.25, -0.2) is 0 Å². The molecule has 1 aliphatic heterocycles. The van der Waals surface area contributed by atoms with E-state index in [1.165, 1.54) is 0 Å². The molecule has 0 bridgehead atoms. The van der Waals surface area contributed by atoms with Crippen molar-refractivity contribution in [2.75, 3.05) is 28.4 Å². The van der Waals surface area contributed by atoms with E-state index in [-0.39, 0.29) is 4.90 Å². The minimum atomic E-state index is -3.99. The molecule has 0 radical (unpaired) electrons. The summed E-state index contributed by atoms with van der Waals surface area (Å²) in [6, 6.07) is 16.7. The highest BCUT2D eigenvalue weighted by molar-refractivity contribution is 7.89. The van der Waals surface area contributed by atoms with Crippen LogP contribution in [0.3, 0.4) is 0 Å². The molecule has 0 aromatic heterocycles. The van der Waals surface area contributed by atoms with Crippen LogP contribution in [0.4, 0.5) is 0 Å². The molecule has 1 atom stereocenters. The van der Waals surface area contributed by atoms with Crippen molar-refractivity contribution in [1.82, 2.24) is 4.41 Å². The van der Waals surface area contributed by atoms with E-state index in [1.54, 1.807) is 83.0 Å². The maximum atomic E-state index is 13.8. The lowest BCUT2D eigenvalue weighted by molar-refractivity contribution is 0.346. The zero-order valence-electron chi connectivity index (χ0n) is 20.3. The van der Waals surface area contributed by atoms with Gasteiger partial charge in [0, 0.05) is 23.6 Å². The van der Waals surface area contributed by atoms with Gasteiger partial charge in [0.2, 0.25) is 0 Å². The first-order chi connectivity index (χ1) is 16.8. The van der Waals surface area contributed by atoms with Gasteiger partial charge < -0.3 is 18.9 Å². The highest BCUT2D eigenvalue weighted by atomic mass is 32.2. The van der Waals surface area contributed by atoms with E-state index in [9.17, 15) is 8.42 Å². The Labute approximate surface area is 205 Å². The third-order valence-electron chi connectivity index (χ3n) is 5.95. The van der Waals surface area contributed by atoms with Crippen LogP contribution in [-0.2, 0) is 10.0 Å². The molecule has 9 heteroatoms. The number of sulfonamides is 1. The lowest BCUT2D eigenvalue weighted by atomic mass is 9.97. The Morgan fingerprint density at radius 3 is 2.06 bits per heavy atom. The Bertz CT molecular complexity index is 1350. The monoisotopic (exact) mass is 496 g/mol. The summed E-state index contributed by atoms with van der Waals surface area (Å²) in [6.07, 6.45) is 0.303.